The Bertz CT molecular complexity index is 1060. The second-order valence-corrected chi connectivity index (χ2v) is 28.1. The van der Waals surface area contributed by atoms with Crippen LogP contribution in [-0.4, -0.2) is 24.5 Å². The van der Waals surface area contributed by atoms with Crippen molar-refractivity contribution in [2.45, 2.75) is 105 Å². The highest BCUT2D eigenvalue weighted by Gasteiger charge is 2.23. The largest absolute Gasteiger partial charge is 0.288 e. The molecule has 3 aromatic carbocycles. The molecule has 3 rings (SSSR count). The Morgan fingerprint density at radius 3 is 0.973 bits per heavy atom. The van der Waals surface area contributed by atoms with E-state index in [0.29, 0.717) is 23.7 Å². The molecule has 0 amide bonds. The van der Waals surface area contributed by atoms with Gasteiger partial charge in [0.05, 0.1) is 0 Å². The third kappa shape index (κ3) is 6.15. The van der Waals surface area contributed by atoms with E-state index in [4.69, 9.17) is 0 Å². The van der Waals surface area contributed by atoms with E-state index in [2.05, 4.69) is 136 Å². The predicted octanol–water partition coefficient (Wildman–Crippen LogP) is 9.88. The summed E-state index contributed by atoms with van der Waals surface area (Å²) >= 11 is 0. The molecule has 0 saturated carbocycles. The molecule has 0 saturated heterocycles. The molecule has 0 unspecified atom stereocenters. The van der Waals surface area contributed by atoms with Gasteiger partial charge in [-0.3, -0.25) is 7.83 Å². The fourth-order valence-electron chi connectivity index (χ4n) is 5.96. The van der Waals surface area contributed by atoms with Crippen LogP contribution >= 0.6 is 0 Å². The van der Waals surface area contributed by atoms with Crippen molar-refractivity contribution in [3.05, 3.63) is 76.9 Å². The molecule has 37 heavy (non-hydrogen) atoms. The van der Waals surface area contributed by atoms with Crippen LogP contribution in [0.2, 0.25) is 26.2 Å². The van der Waals surface area contributed by atoms with Crippen LogP contribution in [0.25, 0.3) is 22.3 Å². The van der Waals surface area contributed by atoms with Gasteiger partial charge in [0.25, 0.3) is 0 Å². The standard InChI is InChI=1S/C34H49Si3/c1-22(2)26-16-13-17-27(23(3)4)32(26)30-20-15-21-31(34(30)37(35(9)10)36(11)12)33-28(24(5)6)18-14-19-29(33)25(7)8/h13-25H,1-12H3/q-1. The Hall–Kier alpha value is -1.69. The van der Waals surface area contributed by atoms with Gasteiger partial charge in [0, 0.05) is 0 Å². The summed E-state index contributed by atoms with van der Waals surface area (Å²) in [5, 5.41) is 1.75. The van der Waals surface area contributed by atoms with Crippen molar-refractivity contribution in [3.63, 3.8) is 0 Å². The summed E-state index contributed by atoms with van der Waals surface area (Å²) < 4.78 is 0. The number of benzene rings is 3. The van der Waals surface area contributed by atoms with Crippen molar-refractivity contribution >= 4 is 29.6 Å². The van der Waals surface area contributed by atoms with Gasteiger partial charge in [-0.2, -0.15) is 5.19 Å². The highest BCUT2D eigenvalue weighted by Crippen LogP contribution is 2.40. The van der Waals surface area contributed by atoms with Gasteiger partial charge in [0.1, 0.15) is 0 Å². The summed E-state index contributed by atoms with van der Waals surface area (Å²) in [7, 11) is -1.61. The zero-order valence-corrected chi connectivity index (χ0v) is 28.5. The molecule has 0 aliphatic heterocycles. The average Bonchev–Trinajstić information content (AvgIpc) is 2.82. The molecule has 0 N–H and O–H groups in total. The maximum Gasteiger partial charge on any atom is -0.0141 e. The van der Waals surface area contributed by atoms with Crippen LogP contribution < -0.4 is 5.19 Å². The Labute approximate surface area is 233 Å². The molecule has 0 spiro atoms. The monoisotopic (exact) mass is 541 g/mol. The Kier molecular flexibility index (Phi) is 10.0. The Balaban J connectivity index is 2.60. The smallest absolute Gasteiger partial charge is 0.0141 e. The van der Waals surface area contributed by atoms with Gasteiger partial charge in [-0.15, -0.1) is 16.6 Å². The second-order valence-electron chi connectivity index (χ2n) is 12.3. The molecule has 0 aromatic heterocycles. The van der Waals surface area contributed by atoms with Gasteiger partial charge < -0.3 is 0 Å². The first-order valence-corrected chi connectivity index (χ1v) is 22.8. The number of hydrogen-bond acceptors (Lipinski definition) is 0. The minimum Gasteiger partial charge on any atom is -0.288 e. The minimum atomic E-state index is -0.673. The van der Waals surface area contributed by atoms with Crippen LogP contribution in [0.1, 0.15) is 101 Å². The van der Waals surface area contributed by atoms with Crippen molar-refractivity contribution in [2.24, 2.45) is 0 Å². The summed E-state index contributed by atoms with van der Waals surface area (Å²) in [6.07, 6.45) is 0. The van der Waals surface area contributed by atoms with E-state index in [0.717, 1.165) is 0 Å². The van der Waals surface area contributed by atoms with Crippen molar-refractivity contribution in [1.82, 2.24) is 0 Å². The fraction of sp³-hybridized carbons (Fsp3) is 0.471. The van der Waals surface area contributed by atoms with Crippen molar-refractivity contribution in [3.8, 4) is 22.3 Å². The maximum atomic E-state index is 2.59. The van der Waals surface area contributed by atoms with Gasteiger partial charge in [-0.1, -0.05) is 136 Å². The van der Waals surface area contributed by atoms with E-state index in [1.165, 1.54) is 33.4 Å². The average molecular weight is 542 g/mol. The van der Waals surface area contributed by atoms with Crippen LogP contribution in [0, 0.1) is 0 Å². The predicted molar refractivity (Wildman–Crippen MR) is 174 cm³/mol. The Morgan fingerprint density at radius 2 is 0.730 bits per heavy atom. The van der Waals surface area contributed by atoms with E-state index in [1.54, 1.807) is 16.3 Å². The van der Waals surface area contributed by atoms with Gasteiger partial charge in [0.15, 0.2) is 0 Å². The summed E-state index contributed by atoms with van der Waals surface area (Å²) in [4.78, 5) is 0. The lowest BCUT2D eigenvalue weighted by molar-refractivity contribution is 0.837. The lowest BCUT2D eigenvalue weighted by Crippen LogP contribution is -2.53. The van der Waals surface area contributed by atoms with Crippen LogP contribution in [0.4, 0.5) is 0 Å². The van der Waals surface area contributed by atoms with Gasteiger partial charge in [0.2, 0.25) is 0 Å². The quantitative estimate of drug-likeness (QED) is 0.236. The van der Waals surface area contributed by atoms with E-state index in [-0.39, 0.29) is 0 Å². The first-order valence-electron chi connectivity index (χ1n) is 14.3. The molecule has 0 heterocycles. The number of rotatable bonds is 9. The zero-order valence-electron chi connectivity index (χ0n) is 25.5. The van der Waals surface area contributed by atoms with Gasteiger partial charge >= 0.3 is 0 Å². The summed E-state index contributed by atoms with van der Waals surface area (Å²) in [6, 6.07) is 21.5. The van der Waals surface area contributed by atoms with Gasteiger partial charge in [-0.25, -0.2) is 0 Å². The normalized spacial score (nSPS) is 12.2. The highest BCUT2D eigenvalue weighted by molar-refractivity contribution is 7.54. The summed E-state index contributed by atoms with van der Waals surface area (Å²) in [5.41, 5.74) is 12.2. The van der Waals surface area contributed by atoms with E-state index < -0.39 is 24.5 Å². The second kappa shape index (κ2) is 12.4. The van der Waals surface area contributed by atoms with Gasteiger partial charge in [-0.05, 0) is 68.2 Å². The third-order valence-corrected chi connectivity index (χ3v) is 27.1. The molecule has 0 bridgehead atoms. The molecule has 0 aliphatic carbocycles. The molecule has 198 valence electrons. The van der Waals surface area contributed by atoms with Crippen molar-refractivity contribution < 1.29 is 0 Å². The van der Waals surface area contributed by atoms with Crippen LogP contribution in [0.5, 0.6) is 0 Å². The molecule has 2 radical (unpaired) electrons. The van der Waals surface area contributed by atoms with Crippen LogP contribution in [0.15, 0.2) is 54.6 Å². The SMILES string of the molecule is CC(C)c1cccc(C(C)C)c1-c1cccc(-c2c(C(C)C)cccc2C(C)C)c1[Si-]([Si](C)C)[Si](C)C. The maximum absolute atomic E-state index is 2.59. The lowest BCUT2D eigenvalue weighted by Gasteiger charge is -2.44. The topological polar surface area (TPSA) is 0 Å². The zero-order chi connectivity index (χ0) is 27.6. The van der Waals surface area contributed by atoms with Crippen LogP contribution in [-0.2, 0) is 0 Å². The number of hydrogen-bond donors (Lipinski definition) is 0. The lowest BCUT2D eigenvalue weighted by atomic mass is 9.82. The molecular formula is C34H49Si3-. The molecular weight excluding hydrogens is 493 g/mol. The van der Waals surface area contributed by atoms with E-state index in [9.17, 15) is 0 Å². The van der Waals surface area contributed by atoms with E-state index in [1.807, 2.05) is 0 Å². The first kappa shape index (κ1) is 29.9. The molecule has 0 atom stereocenters. The summed E-state index contributed by atoms with van der Waals surface area (Å²) in [5.74, 6) is 1.99. The fourth-order valence-corrected chi connectivity index (χ4v) is 25.5. The molecule has 0 fully saturated rings. The summed E-state index contributed by atoms with van der Waals surface area (Å²) in [6.45, 7) is 29.3. The first-order chi connectivity index (χ1) is 17.4. The van der Waals surface area contributed by atoms with Crippen molar-refractivity contribution in [1.29, 1.82) is 0 Å². The minimum absolute atomic E-state index is 0.466. The van der Waals surface area contributed by atoms with E-state index >= 15 is 0 Å². The van der Waals surface area contributed by atoms with Crippen molar-refractivity contribution in [2.75, 3.05) is 0 Å². The highest BCUT2D eigenvalue weighted by atomic mass is 29.6. The molecule has 3 aromatic rings. The van der Waals surface area contributed by atoms with Crippen LogP contribution in [0.3, 0.4) is 0 Å². The Morgan fingerprint density at radius 1 is 0.459 bits per heavy atom. The third-order valence-electron chi connectivity index (χ3n) is 7.60. The molecule has 0 aliphatic rings. The molecule has 0 nitrogen and oxygen atoms in total. The molecule has 3 heteroatoms.